The molecule has 2 amide bonds. The van der Waals surface area contributed by atoms with E-state index in [-0.39, 0.29) is 29.3 Å². The highest BCUT2D eigenvalue weighted by atomic mass is 31.2. The first-order valence-electron chi connectivity index (χ1n) is 21.4. The molecule has 50 heavy (non-hydrogen) atoms. The van der Waals surface area contributed by atoms with Crippen LogP contribution in [0.25, 0.3) is 0 Å². The van der Waals surface area contributed by atoms with Crippen LogP contribution >= 0.6 is 7.52 Å². The minimum atomic E-state index is -3.89. The third-order valence-electron chi connectivity index (χ3n) is 9.81. The second-order valence-electron chi connectivity index (χ2n) is 15.8. The maximum atomic E-state index is 14.4. The zero-order valence-electron chi connectivity index (χ0n) is 34.0. The molecule has 3 N–H and O–H groups in total. The van der Waals surface area contributed by atoms with Crippen molar-refractivity contribution < 1.29 is 28.3 Å². The fourth-order valence-electron chi connectivity index (χ4n) is 6.73. The topological polar surface area (TPSA) is 105 Å². The molecular weight excluding hydrogens is 645 g/mol. The van der Waals surface area contributed by atoms with Gasteiger partial charge in [-0.1, -0.05) is 181 Å². The number of likely N-dealkylation sites (N-methyl/N-ethyl adjacent to an activating group) is 1. The number of aliphatic hydroxyl groups excluding tert-OH is 1. The smallest absolute Gasteiger partial charge is 0.357 e. The number of hydrogen-bond donors (Lipinski definition) is 3. The van der Waals surface area contributed by atoms with Gasteiger partial charge in [-0.2, -0.15) is 0 Å². The van der Waals surface area contributed by atoms with Crippen molar-refractivity contribution in [3.05, 3.63) is 0 Å². The van der Waals surface area contributed by atoms with Gasteiger partial charge >= 0.3 is 7.52 Å². The summed E-state index contributed by atoms with van der Waals surface area (Å²) in [7, 11) is 1.53. The SMILES string of the molecule is CCCCCCCCCCCCCCCC(=O)NC(O)C([N+](C)(C)C)P(=O)(NC(=O)CCCCCCCCCCCCCCC)OCCCC. The Kier molecular flexibility index (Phi) is 32.1. The summed E-state index contributed by atoms with van der Waals surface area (Å²) >= 11 is 0. The molecule has 0 aromatic carbocycles. The fourth-order valence-corrected chi connectivity index (χ4v) is 9.30. The number of nitrogens with zero attached hydrogens (tertiary/aromatic N) is 1. The molecule has 0 radical (unpaired) electrons. The monoisotopic (exact) mass is 731 g/mol. The standard InChI is InChI=1S/C41H84N3O5P/c1-7-10-13-15-17-19-21-23-25-27-29-31-33-35-38(45)42-40(47)41(44(4,5)6)50(48,49-37-12-9-3)43-39(46)36-34-32-30-28-26-24-22-20-18-16-14-11-8-2/h40-41,47H,7-37H2,1-6H3,(H-,42,43,45,46,48)/p+1. The molecule has 8 nitrogen and oxygen atoms in total. The Hall–Kier alpha value is -0.950. The maximum Gasteiger partial charge on any atom is 0.357 e. The summed E-state index contributed by atoms with van der Waals surface area (Å²) in [5.74, 6) is -1.63. The number of aliphatic hydroxyl groups is 1. The zero-order valence-corrected chi connectivity index (χ0v) is 34.9. The molecular formula is C41H85N3O5P+. The second-order valence-corrected chi connectivity index (χ2v) is 18.1. The minimum absolute atomic E-state index is 0.0581. The van der Waals surface area contributed by atoms with Crippen LogP contribution in [0.2, 0.25) is 0 Å². The number of nitrogens with one attached hydrogen (secondary N) is 2. The van der Waals surface area contributed by atoms with Crippen LogP contribution in [-0.2, 0) is 18.7 Å². The molecule has 9 heteroatoms. The molecule has 0 saturated heterocycles. The Morgan fingerprint density at radius 1 is 0.540 bits per heavy atom. The summed E-state index contributed by atoms with van der Waals surface area (Å²) in [4.78, 5) is 25.9. The van der Waals surface area contributed by atoms with E-state index < -0.39 is 19.5 Å². The molecule has 0 spiro atoms. The van der Waals surface area contributed by atoms with Crippen LogP contribution in [0.3, 0.4) is 0 Å². The summed E-state index contributed by atoms with van der Waals surface area (Å²) in [6, 6.07) is 0. The van der Waals surface area contributed by atoms with Gasteiger partial charge in [-0.15, -0.1) is 0 Å². The van der Waals surface area contributed by atoms with Gasteiger partial charge in [-0.3, -0.25) is 19.2 Å². The Morgan fingerprint density at radius 2 is 0.860 bits per heavy atom. The van der Waals surface area contributed by atoms with E-state index in [4.69, 9.17) is 4.52 Å². The van der Waals surface area contributed by atoms with Crippen molar-refractivity contribution >= 4 is 19.3 Å². The molecule has 3 atom stereocenters. The van der Waals surface area contributed by atoms with Gasteiger partial charge in [-0.05, 0) is 19.3 Å². The van der Waals surface area contributed by atoms with Crippen LogP contribution < -0.4 is 10.4 Å². The van der Waals surface area contributed by atoms with E-state index in [2.05, 4.69) is 24.3 Å². The lowest BCUT2D eigenvalue weighted by Gasteiger charge is -2.40. The Balaban J connectivity index is 4.65. The van der Waals surface area contributed by atoms with E-state index >= 15 is 0 Å². The molecule has 0 aliphatic heterocycles. The molecule has 0 fully saturated rings. The molecule has 0 aromatic rings. The molecule has 0 aliphatic carbocycles. The number of rotatable bonds is 37. The third kappa shape index (κ3) is 27.7. The number of carbonyl (C=O) groups is 2. The number of quaternary nitrogens is 1. The van der Waals surface area contributed by atoms with E-state index in [1.54, 1.807) is 21.1 Å². The summed E-state index contributed by atoms with van der Waals surface area (Å²) in [6.07, 6.45) is 32.7. The lowest BCUT2D eigenvalue weighted by atomic mass is 10.0. The first-order valence-corrected chi connectivity index (χ1v) is 23.0. The van der Waals surface area contributed by atoms with Gasteiger partial charge in [0.15, 0.2) is 6.23 Å². The average Bonchev–Trinajstić information content (AvgIpc) is 3.04. The van der Waals surface area contributed by atoms with Gasteiger partial charge in [0.1, 0.15) is 0 Å². The van der Waals surface area contributed by atoms with Gasteiger partial charge in [0.05, 0.1) is 27.7 Å². The highest BCUT2D eigenvalue weighted by Gasteiger charge is 2.50. The molecule has 0 bridgehead atoms. The fraction of sp³-hybridized carbons (Fsp3) is 0.951. The third-order valence-corrected chi connectivity index (χ3v) is 12.6. The predicted molar refractivity (Wildman–Crippen MR) is 213 cm³/mol. The zero-order chi connectivity index (χ0) is 37.4. The van der Waals surface area contributed by atoms with Crippen molar-refractivity contribution in [2.75, 3.05) is 27.7 Å². The lowest BCUT2D eigenvalue weighted by Crippen LogP contribution is -2.58. The second kappa shape index (κ2) is 32.7. The van der Waals surface area contributed by atoms with Gasteiger partial charge in [0.2, 0.25) is 17.6 Å². The van der Waals surface area contributed by atoms with Crippen molar-refractivity contribution in [1.29, 1.82) is 0 Å². The minimum Gasteiger partial charge on any atom is -0.368 e. The van der Waals surface area contributed by atoms with Gasteiger partial charge in [0, 0.05) is 12.8 Å². The van der Waals surface area contributed by atoms with Gasteiger partial charge in [-0.25, -0.2) is 0 Å². The highest BCUT2D eigenvalue weighted by Crippen LogP contribution is 2.51. The van der Waals surface area contributed by atoms with Crippen LogP contribution in [-0.4, -0.2) is 61.2 Å². The van der Waals surface area contributed by atoms with Crippen LogP contribution in [0.1, 0.15) is 213 Å². The van der Waals surface area contributed by atoms with E-state index in [1.165, 1.54) is 128 Å². The summed E-state index contributed by atoms with van der Waals surface area (Å²) in [6.45, 7) is 6.74. The van der Waals surface area contributed by atoms with Crippen molar-refractivity contribution in [2.45, 2.75) is 225 Å². The summed E-state index contributed by atoms with van der Waals surface area (Å²) in [5, 5.41) is 16.7. The summed E-state index contributed by atoms with van der Waals surface area (Å²) in [5.41, 5.74) is 0. The predicted octanol–water partition coefficient (Wildman–Crippen LogP) is 11.5. The summed E-state index contributed by atoms with van der Waals surface area (Å²) < 4.78 is 20.4. The molecule has 3 unspecified atom stereocenters. The maximum absolute atomic E-state index is 14.4. The molecule has 0 rings (SSSR count). The first kappa shape index (κ1) is 49.0. The first-order chi connectivity index (χ1) is 24.0. The Labute approximate surface area is 310 Å². The Bertz CT molecular complexity index is 851. The average molecular weight is 731 g/mol. The van der Waals surface area contributed by atoms with Crippen molar-refractivity contribution in [3.63, 3.8) is 0 Å². The number of amides is 2. The van der Waals surface area contributed by atoms with Crippen molar-refractivity contribution in [2.24, 2.45) is 0 Å². The van der Waals surface area contributed by atoms with Crippen molar-refractivity contribution in [3.8, 4) is 0 Å². The van der Waals surface area contributed by atoms with Gasteiger partial charge in [0.25, 0.3) is 0 Å². The number of hydrogen-bond acceptors (Lipinski definition) is 5. The Morgan fingerprint density at radius 3 is 1.20 bits per heavy atom. The van der Waals surface area contributed by atoms with E-state index in [0.717, 1.165) is 44.9 Å². The highest BCUT2D eigenvalue weighted by molar-refractivity contribution is 7.58. The number of unbranched alkanes of at least 4 members (excludes halogenated alkanes) is 25. The lowest BCUT2D eigenvalue weighted by molar-refractivity contribution is -0.886. The van der Waals surface area contributed by atoms with Crippen LogP contribution in [0.4, 0.5) is 0 Å². The van der Waals surface area contributed by atoms with E-state index in [1.807, 2.05) is 6.92 Å². The molecule has 0 aliphatic rings. The van der Waals surface area contributed by atoms with Crippen molar-refractivity contribution in [1.82, 2.24) is 10.4 Å². The molecule has 0 saturated carbocycles. The molecule has 0 heterocycles. The van der Waals surface area contributed by atoms with Crippen LogP contribution in [0.5, 0.6) is 0 Å². The molecule has 298 valence electrons. The molecule has 0 aromatic heterocycles. The van der Waals surface area contributed by atoms with E-state index in [0.29, 0.717) is 12.8 Å². The van der Waals surface area contributed by atoms with E-state index in [9.17, 15) is 19.3 Å². The number of carbonyl (C=O) groups excluding carboxylic acids is 2. The van der Waals surface area contributed by atoms with Crippen LogP contribution in [0.15, 0.2) is 0 Å². The quantitative estimate of drug-likeness (QED) is 0.0255. The van der Waals surface area contributed by atoms with Gasteiger partial charge < -0.3 is 19.4 Å². The normalized spacial score (nSPS) is 14.3. The van der Waals surface area contributed by atoms with Crippen LogP contribution in [0, 0.1) is 0 Å². The largest absolute Gasteiger partial charge is 0.368 e.